The Labute approximate surface area is 108 Å². The molecule has 0 spiro atoms. The number of hydrogen-bond acceptors (Lipinski definition) is 3. The lowest BCUT2D eigenvalue weighted by molar-refractivity contribution is 0.0721. The second kappa shape index (κ2) is 7.01. The van der Waals surface area contributed by atoms with E-state index >= 15 is 0 Å². The van der Waals surface area contributed by atoms with Crippen LogP contribution in [-0.2, 0) is 0 Å². The minimum Gasteiger partial charge on any atom is -0.496 e. The molecule has 100 valence electrons. The number of ether oxygens (including phenoxy) is 1. The van der Waals surface area contributed by atoms with Crippen molar-refractivity contribution in [2.24, 2.45) is 0 Å². The monoisotopic (exact) mass is 251 g/mol. The Morgan fingerprint density at radius 3 is 2.67 bits per heavy atom. The Bertz CT molecular complexity index is 398. The summed E-state index contributed by atoms with van der Waals surface area (Å²) in [6.45, 7) is 4.94. The number of amides is 1. The van der Waals surface area contributed by atoms with Gasteiger partial charge in [-0.2, -0.15) is 0 Å². The normalized spacial score (nSPS) is 10.2. The number of rotatable bonds is 6. The first-order valence-electron chi connectivity index (χ1n) is 6.18. The highest BCUT2D eigenvalue weighted by atomic mass is 16.5. The molecule has 18 heavy (non-hydrogen) atoms. The summed E-state index contributed by atoms with van der Waals surface area (Å²) in [6.07, 6.45) is 0.870. The molecule has 0 heterocycles. The van der Waals surface area contributed by atoms with Crippen LogP contribution in [-0.4, -0.2) is 42.7 Å². The molecule has 0 saturated heterocycles. The maximum absolute atomic E-state index is 12.3. The number of nitrogens with zero attached hydrogens (tertiary/aromatic N) is 1. The predicted molar refractivity (Wildman–Crippen MR) is 71.0 cm³/mol. The lowest BCUT2D eigenvalue weighted by Crippen LogP contribution is -2.34. The lowest BCUT2D eigenvalue weighted by Gasteiger charge is -2.21. The van der Waals surface area contributed by atoms with Crippen LogP contribution >= 0.6 is 0 Å². The van der Waals surface area contributed by atoms with Crippen LogP contribution < -0.4 is 4.74 Å². The lowest BCUT2D eigenvalue weighted by atomic mass is 10.1. The molecule has 0 aliphatic heterocycles. The zero-order valence-corrected chi connectivity index (χ0v) is 11.3. The van der Waals surface area contributed by atoms with Gasteiger partial charge < -0.3 is 14.7 Å². The van der Waals surface area contributed by atoms with Crippen molar-refractivity contribution in [3.8, 4) is 5.75 Å². The number of benzene rings is 1. The molecule has 0 unspecified atom stereocenters. The SMILES string of the molecule is CCCN(CCO)C(=O)c1ccc(C)c(OC)c1. The van der Waals surface area contributed by atoms with E-state index in [2.05, 4.69) is 0 Å². The third-order valence-corrected chi connectivity index (χ3v) is 2.81. The summed E-state index contributed by atoms with van der Waals surface area (Å²) in [7, 11) is 1.59. The van der Waals surface area contributed by atoms with Gasteiger partial charge in [0.05, 0.1) is 13.7 Å². The van der Waals surface area contributed by atoms with Crippen LogP contribution in [0.2, 0.25) is 0 Å². The Morgan fingerprint density at radius 2 is 2.11 bits per heavy atom. The van der Waals surface area contributed by atoms with E-state index < -0.39 is 0 Å². The smallest absolute Gasteiger partial charge is 0.254 e. The van der Waals surface area contributed by atoms with Crippen LogP contribution in [0.5, 0.6) is 5.75 Å². The maximum atomic E-state index is 12.3. The fraction of sp³-hybridized carbons (Fsp3) is 0.500. The molecule has 0 radical (unpaired) electrons. The van der Waals surface area contributed by atoms with Crippen molar-refractivity contribution in [3.63, 3.8) is 0 Å². The van der Waals surface area contributed by atoms with E-state index in [1.54, 1.807) is 24.1 Å². The second-order valence-electron chi connectivity index (χ2n) is 4.20. The van der Waals surface area contributed by atoms with Gasteiger partial charge in [0.25, 0.3) is 5.91 Å². The van der Waals surface area contributed by atoms with Gasteiger partial charge in [0.15, 0.2) is 0 Å². The van der Waals surface area contributed by atoms with E-state index in [-0.39, 0.29) is 12.5 Å². The average Bonchev–Trinajstić information content (AvgIpc) is 2.38. The Hall–Kier alpha value is -1.55. The zero-order valence-electron chi connectivity index (χ0n) is 11.3. The van der Waals surface area contributed by atoms with Gasteiger partial charge in [-0.05, 0) is 31.0 Å². The van der Waals surface area contributed by atoms with Crippen molar-refractivity contribution in [1.82, 2.24) is 4.90 Å². The summed E-state index contributed by atoms with van der Waals surface area (Å²) >= 11 is 0. The summed E-state index contributed by atoms with van der Waals surface area (Å²) in [5, 5.41) is 8.99. The van der Waals surface area contributed by atoms with Gasteiger partial charge in [-0.3, -0.25) is 4.79 Å². The minimum absolute atomic E-state index is 0.0191. The van der Waals surface area contributed by atoms with Crippen LogP contribution in [0.4, 0.5) is 0 Å². The predicted octanol–water partition coefficient (Wildman–Crippen LogP) is 1.85. The van der Waals surface area contributed by atoms with Gasteiger partial charge >= 0.3 is 0 Å². The van der Waals surface area contributed by atoms with Crippen molar-refractivity contribution < 1.29 is 14.6 Å². The molecule has 4 nitrogen and oxygen atoms in total. The molecular formula is C14H21NO3. The summed E-state index contributed by atoms with van der Waals surface area (Å²) < 4.78 is 5.22. The molecule has 1 aromatic rings. The van der Waals surface area contributed by atoms with Gasteiger partial charge in [0.1, 0.15) is 5.75 Å². The highest BCUT2D eigenvalue weighted by Gasteiger charge is 2.15. The van der Waals surface area contributed by atoms with Crippen LogP contribution in [0, 0.1) is 6.92 Å². The number of carbonyl (C=O) groups excluding carboxylic acids is 1. The standard InChI is InChI=1S/C14H21NO3/c1-4-7-15(8-9-16)14(17)12-6-5-11(2)13(10-12)18-3/h5-6,10,16H,4,7-9H2,1-3H3. The van der Waals surface area contributed by atoms with Crippen LogP contribution in [0.15, 0.2) is 18.2 Å². The summed E-state index contributed by atoms with van der Waals surface area (Å²) in [5.74, 6) is 0.644. The molecule has 0 atom stereocenters. The van der Waals surface area contributed by atoms with Crippen LogP contribution in [0.1, 0.15) is 29.3 Å². The molecule has 1 aromatic carbocycles. The van der Waals surface area contributed by atoms with Gasteiger partial charge in [0, 0.05) is 18.7 Å². The van der Waals surface area contributed by atoms with E-state index in [0.717, 1.165) is 12.0 Å². The number of aryl methyl sites for hydroxylation is 1. The fourth-order valence-electron chi connectivity index (χ4n) is 1.84. The maximum Gasteiger partial charge on any atom is 0.254 e. The van der Waals surface area contributed by atoms with Crippen molar-refractivity contribution in [1.29, 1.82) is 0 Å². The van der Waals surface area contributed by atoms with E-state index in [0.29, 0.717) is 24.4 Å². The minimum atomic E-state index is -0.0656. The largest absolute Gasteiger partial charge is 0.496 e. The van der Waals surface area contributed by atoms with Crippen molar-refractivity contribution in [2.45, 2.75) is 20.3 Å². The van der Waals surface area contributed by atoms with E-state index in [1.807, 2.05) is 19.9 Å². The van der Waals surface area contributed by atoms with Gasteiger partial charge in [-0.15, -0.1) is 0 Å². The molecule has 1 rings (SSSR count). The van der Waals surface area contributed by atoms with E-state index in [1.165, 1.54) is 0 Å². The quantitative estimate of drug-likeness (QED) is 0.839. The van der Waals surface area contributed by atoms with Gasteiger partial charge in [-0.1, -0.05) is 13.0 Å². The zero-order chi connectivity index (χ0) is 13.5. The van der Waals surface area contributed by atoms with E-state index in [9.17, 15) is 4.79 Å². The number of aliphatic hydroxyl groups is 1. The number of carbonyl (C=O) groups is 1. The van der Waals surface area contributed by atoms with Crippen molar-refractivity contribution in [2.75, 3.05) is 26.8 Å². The van der Waals surface area contributed by atoms with Gasteiger partial charge in [0.2, 0.25) is 0 Å². The molecule has 0 fully saturated rings. The van der Waals surface area contributed by atoms with E-state index in [4.69, 9.17) is 9.84 Å². The number of methoxy groups -OCH3 is 1. The highest BCUT2D eigenvalue weighted by molar-refractivity contribution is 5.94. The third-order valence-electron chi connectivity index (χ3n) is 2.81. The molecule has 0 aromatic heterocycles. The molecule has 0 aliphatic rings. The number of aliphatic hydroxyl groups excluding tert-OH is 1. The molecule has 1 N–H and O–H groups in total. The first kappa shape index (κ1) is 14.5. The molecular weight excluding hydrogens is 230 g/mol. The highest BCUT2D eigenvalue weighted by Crippen LogP contribution is 2.20. The summed E-state index contributed by atoms with van der Waals surface area (Å²) in [6, 6.07) is 5.41. The molecule has 0 bridgehead atoms. The Balaban J connectivity index is 2.93. The Kier molecular flexibility index (Phi) is 5.65. The summed E-state index contributed by atoms with van der Waals surface area (Å²) in [5.41, 5.74) is 1.59. The van der Waals surface area contributed by atoms with Gasteiger partial charge in [-0.25, -0.2) is 0 Å². The molecule has 1 amide bonds. The summed E-state index contributed by atoms with van der Waals surface area (Å²) in [4.78, 5) is 13.9. The van der Waals surface area contributed by atoms with Crippen molar-refractivity contribution in [3.05, 3.63) is 29.3 Å². The molecule has 0 saturated carbocycles. The third kappa shape index (κ3) is 3.47. The first-order chi connectivity index (χ1) is 8.63. The van der Waals surface area contributed by atoms with Crippen LogP contribution in [0.25, 0.3) is 0 Å². The van der Waals surface area contributed by atoms with Crippen LogP contribution in [0.3, 0.4) is 0 Å². The topological polar surface area (TPSA) is 49.8 Å². The van der Waals surface area contributed by atoms with Crippen molar-refractivity contribution >= 4 is 5.91 Å². The fourth-order valence-corrected chi connectivity index (χ4v) is 1.84. The molecule has 0 aliphatic carbocycles. The first-order valence-corrected chi connectivity index (χ1v) is 6.18. The average molecular weight is 251 g/mol. The Morgan fingerprint density at radius 1 is 1.39 bits per heavy atom. The second-order valence-corrected chi connectivity index (χ2v) is 4.20. The molecule has 4 heteroatoms. The number of hydrogen-bond donors (Lipinski definition) is 1.